The first-order valence-corrected chi connectivity index (χ1v) is 10.4. The van der Waals surface area contributed by atoms with Crippen molar-refractivity contribution in [3.05, 3.63) is 52.1 Å². The lowest BCUT2D eigenvalue weighted by Crippen LogP contribution is -2.26. The summed E-state index contributed by atoms with van der Waals surface area (Å²) in [7, 11) is 0. The van der Waals surface area contributed by atoms with Crippen molar-refractivity contribution in [2.45, 2.75) is 40.5 Å². The normalized spacial score (nSPS) is 16.5. The Morgan fingerprint density at radius 3 is 2.59 bits per heavy atom. The molecule has 1 N–H and O–H groups in total. The Labute approximate surface area is 174 Å². The first kappa shape index (κ1) is 21.0. The zero-order valence-corrected chi connectivity index (χ0v) is 17.9. The van der Waals surface area contributed by atoms with E-state index in [0.29, 0.717) is 23.4 Å². The molecule has 6 heteroatoms. The van der Waals surface area contributed by atoms with Gasteiger partial charge >= 0.3 is 5.97 Å². The summed E-state index contributed by atoms with van der Waals surface area (Å²) in [5.41, 5.74) is 3.09. The topological polar surface area (TPSA) is 76.0 Å². The van der Waals surface area contributed by atoms with E-state index in [1.54, 1.807) is 6.92 Å². The summed E-state index contributed by atoms with van der Waals surface area (Å²) < 4.78 is 5.24. The van der Waals surface area contributed by atoms with Crippen molar-refractivity contribution in [2.75, 3.05) is 6.61 Å². The third-order valence-electron chi connectivity index (χ3n) is 4.82. The number of hydrogen-bond donors (Lipinski definition) is 1. The van der Waals surface area contributed by atoms with Gasteiger partial charge in [0.05, 0.1) is 12.2 Å². The van der Waals surface area contributed by atoms with Crippen LogP contribution in [0.5, 0.6) is 0 Å². The van der Waals surface area contributed by atoms with Gasteiger partial charge in [0, 0.05) is 30.0 Å². The minimum Gasteiger partial charge on any atom is -0.511 e. The van der Waals surface area contributed by atoms with Crippen LogP contribution in [-0.4, -0.2) is 29.7 Å². The maximum absolute atomic E-state index is 12.6. The van der Waals surface area contributed by atoms with E-state index in [-0.39, 0.29) is 29.1 Å². The highest BCUT2D eigenvalue weighted by Gasteiger charge is 2.32. The second-order valence-corrected chi connectivity index (χ2v) is 8.83. The molecule has 1 aliphatic rings. The predicted octanol–water partition coefficient (Wildman–Crippen LogP) is 5.80. The molecule has 29 heavy (non-hydrogen) atoms. The average Bonchev–Trinajstić information content (AvgIpc) is 3.05. The predicted molar refractivity (Wildman–Crippen MR) is 116 cm³/mol. The molecule has 0 fully saturated rings. The van der Waals surface area contributed by atoms with Crippen molar-refractivity contribution >= 4 is 34.3 Å². The van der Waals surface area contributed by atoms with Gasteiger partial charge in [-0.3, -0.25) is 4.79 Å². The number of allylic oxidation sites excluding steroid dienone is 2. The summed E-state index contributed by atoms with van der Waals surface area (Å²) in [4.78, 5) is 29.5. The van der Waals surface area contributed by atoms with Crippen molar-refractivity contribution < 1.29 is 19.4 Å². The number of ether oxygens (including phenoxy) is 1. The number of carbonyl (C=O) groups is 2. The van der Waals surface area contributed by atoms with Crippen molar-refractivity contribution in [3.63, 3.8) is 0 Å². The van der Waals surface area contributed by atoms with E-state index in [2.05, 4.69) is 4.99 Å². The Kier molecular flexibility index (Phi) is 6.03. The number of aliphatic hydroxyl groups is 1. The lowest BCUT2D eigenvalue weighted by molar-refractivity contribution is -0.117. The third kappa shape index (κ3) is 4.65. The van der Waals surface area contributed by atoms with Gasteiger partial charge in [0.25, 0.3) is 0 Å². The molecule has 0 amide bonds. The monoisotopic (exact) mass is 411 g/mol. The van der Waals surface area contributed by atoms with Gasteiger partial charge in [0.15, 0.2) is 5.78 Å². The van der Waals surface area contributed by atoms with Crippen LogP contribution in [0.1, 0.15) is 49.5 Å². The molecule has 1 aromatic carbocycles. The molecule has 0 bridgehead atoms. The number of aryl methyl sites for hydroxylation is 1. The highest BCUT2D eigenvalue weighted by molar-refractivity contribution is 7.14. The fourth-order valence-corrected chi connectivity index (χ4v) is 4.27. The number of aliphatic hydroxyl groups excluding tert-OH is 1. The minimum absolute atomic E-state index is 0.0444. The Hall–Kier alpha value is -2.73. The summed E-state index contributed by atoms with van der Waals surface area (Å²) in [6.45, 7) is 7.90. The number of benzene rings is 1. The van der Waals surface area contributed by atoms with Gasteiger partial charge in [0.2, 0.25) is 0 Å². The van der Waals surface area contributed by atoms with E-state index < -0.39 is 5.97 Å². The van der Waals surface area contributed by atoms with E-state index >= 15 is 0 Å². The van der Waals surface area contributed by atoms with Gasteiger partial charge in [-0.15, -0.1) is 11.3 Å². The second kappa shape index (κ2) is 8.33. The van der Waals surface area contributed by atoms with E-state index in [1.165, 1.54) is 17.6 Å². The van der Waals surface area contributed by atoms with Crippen molar-refractivity contribution in [1.29, 1.82) is 0 Å². The zero-order valence-electron chi connectivity index (χ0n) is 17.1. The first-order valence-electron chi connectivity index (χ1n) is 9.57. The smallest absolute Gasteiger partial charge is 0.341 e. The highest BCUT2D eigenvalue weighted by atomic mass is 32.1. The largest absolute Gasteiger partial charge is 0.511 e. The van der Waals surface area contributed by atoms with E-state index in [0.717, 1.165) is 16.7 Å². The quantitative estimate of drug-likeness (QED) is 0.498. The van der Waals surface area contributed by atoms with Crippen LogP contribution in [0, 0.1) is 12.3 Å². The van der Waals surface area contributed by atoms with E-state index in [9.17, 15) is 14.7 Å². The fraction of sp³-hybridized carbons (Fsp3) is 0.348. The molecule has 0 saturated heterocycles. The first-order chi connectivity index (χ1) is 13.7. The Morgan fingerprint density at radius 1 is 1.28 bits per heavy atom. The van der Waals surface area contributed by atoms with Gasteiger partial charge in [-0.1, -0.05) is 43.7 Å². The number of rotatable bonds is 5. The number of carbonyl (C=O) groups excluding carboxylic acids is 2. The number of ketones is 1. The molecule has 5 nitrogen and oxygen atoms in total. The lowest BCUT2D eigenvalue weighted by Gasteiger charge is -2.28. The Bertz CT molecular complexity index is 996. The molecule has 0 atom stereocenters. The maximum Gasteiger partial charge on any atom is 0.341 e. The van der Waals surface area contributed by atoms with Gasteiger partial charge in [0.1, 0.15) is 16.3 Å². The standard InChI is InChI=1S/C23H25NO4S/c1-5-28-22(27)20-17(15-8-6-14(2)7-9-15)13-29-21(20)24-12-16-18(25)10-23(3,4)11-19(16)26/h6-9,12-13,25H,5,10-11H2,1-4H3. The molecule has 2 aromatic rings. The molecule has 0 aliphatic heterocycles. The molecule has 152 valence electrons. The van der Waals surface area contributed by atoms with Crippen LogP contribution in [-0.2, 0) is 9.53 Å². The SMILES string of the molecule is CCOC(=O)c1c(-c2ccc(C)cc2)csc1N=CC1=C(O)CC(C)(C)CC1=O. The van der Waals surface area contributed by atoms with Gasteiger partial charge < -0.3 is 9.84 Å². The maximum atomic E-state index is 12.6. The molecule has 3 rings (SSSR count). The summed E-state index contributed by atoms with van der Waals surface area (Å²) in [5.74, 6) is -0.552. The number of hydrogen-bond acceptors (Lipinski definition) is 6. The lowest BCUT2D eigenvalue weighted by atomic mass is 9.77. The van der Waals surface area contributed by atoms with Crippen LogP contribution in [0.3, 0.4) is 0 Å². The van der Waals surface area contributed by atoms with E-state index in [1.807, 2.05) is 50.4 Å². The average molecular weight is 412 g/mol. The van der Waals surface area contributed by atoms with Crippen LogP contribution in [0.4, 0.5) is 5.00 Å². The van der Waals surface area contributed by atoms with Crippen molar-refractivity contribution in [1.82, 2.24) is 0 Å². The third-order valence-corrected chi connectivity index (χ3v) is 5.71. The number of esters is 1. The van der Waals surface area contributed by atoms with Crippen LogP contribution < -0.4 is 0 Å². The van der Waals surface area contributed by atoms with Crippen molar-refractivity contribution in [3.8, 4) is 11.1 Å². The second-order valence-electron chi connectivity index (χ2n) is 7.98. The summed E-state index contributed by atoms with van der Waals surface area (Å²) >= 11 is 1.31. The number of aliphatic imine (C=N–C) groups is 1. The van der Waals surface area contributed by atoms with Crippen LogP contribution in [0.25, 0.3) is 11.1 Å². The molecular formula is C23H25NO4S. The molecule has 1 aromatic heterocycles. The molecule has 0 unspecified atom stereocenters. The van der Waals surface area contributed by atoms with E-state index in [4.69, 9.17) is 4.74 Å². The summed E-state index contributed by atoms with van der Waals surface area (Å²) in [6, 6.07) is 7.87. The van der Waals surface area contributed by atoms with Gasteiger partial charge in [-0.2, -0.15) is 0 Å². The fourth-order valence-electron chi connectivity index (χ4n) is 3.36. The Morgan fingerprint density at radius 2 is 1.97 bits per heavy atom. The molecular weight excluding hydrogens is 386 g/mol. The van der Waals surface area contributed by atoms with Gasteiger partial charge in [-0.05, 0) is 24.8 Å². The highest BCUT2D eigenvalue weighted by Crippen LogP contribution is 2.39. The van der Waals surface area contributed by atoms with Crippen LogP contribution in [0.15, 0.2) is 46.0 Å². The summed E-state index contributed by atoms with van der Waals surface area (Å²) in [5, 5.41) is 12.6. The molecule has 1 heterocycles. The Balaban J connectivity index is 2.01. The number of Topliss-reactive ketones (excluding diaryl/α,β-unsaturated/α-hetero) is 1. The van der Waals surface area contributed by atoms with Crippen LogP contribution in [0.2, 0.25) is 0 Å². The zero-order chi connectivity index (χ0) is 21.2. The van der Waals surface area contributed by atoms with Crippen molar-refractivity contribution in [2.24, 2.45) is 10.4 Å². The minimum atomic E-state index is -0.453. The number of thiophene rings is 1. The molecule has 0 radical (unpaired) electrons. The molecule has 0 spiro atoms. The molecule has 0 saturated carbocycles. The van der Waals surface area contributed by atoms with Crippen LogP contribution >= 0.6 is 11.3 Å². The van der Waals surface area contributed by atoms with Gasteiger partial charge in [-0.25, -0.2) is 9.79 Å². The summed E-state index contributed by atoms with van der Waals surface area (Å²) in [6.07, 6.45) is 2.15. The number of nitrogens with zero attached hydrogens (tertiary/aromatic N) is 1. The molecule has 1 aliphatic carbocycles.